The molecule has 0 spiro atoms. The van der Waals surface area contributed by atoms with E-state index in [1.54, 1.807) is 7.05 Å². The fourth-order valence-corrected chi connectivity index (χ4v) is 1.76. The van der Waals surface area contributed by atoms with Crippen LogP contribution < -0.4 is 0 Å². The van der Waals surface area contributed by atoms with Gasteiger partial charge < -0.3 is 0 Å². The maximum atomic E-state index is 4.64. The third kappa shape index (κ3) is 2.41. The zero-order chi connectivity index (χ0) is 12.3. The molecule has 0 saturated heterocycles. The number of hydrogen-bond donors (Lipinski definition) is 0. The average Bonchev–Trinajstić information content (AvgIpc) is 2.38. The predicted molar refractivity (Wildman–Crippen MR) is 72.5 cm³/mol. The van der Waals surface area contributed by atoms with E-state index >= 15 is 0 Å². The number of benzene rings is 1. The van der Waals surface area contributed by atoms with Crippen molar-refractivity contribution in [2.24, 2.45) is 4.99 Å². The Kier molecular flexibility index (Phi) is 3.33. The third-order valence-electron chi connectivity index (χ3n) is 2.88. The summed E-state index contributed by atoms with van der Waals surface area (Å²) in [7, 11) is 1.79. The van der Waals surface area contributed by atoms with Crippen LogP contribution in [0.5, 0.6) is 0 Å². The lowest BCUT2D eigenvalue weighted by atomic mass is 10.0. The minimum atomic E-state index is 0.938. The number of pyridine rings is 1. The second-order valence-corrected chi connectivity index (χ2v) is 4.03. The number of aromatic nitrogens is 1. The molecule has 2 rings (SSSR count). The highest BCUT2D eigenvalue weighted by atomic mass is 14.8. The van der Waals surface area contributed by atoms with Gasteiger partial charge >= 0.3 is 0 Å². The standard InChI is InChI=1S/C15H16N2/c1-11-7-4-5-8-13(11)15-10-6-9-14(17-15)12(2)16-3/h4-10H,1-3H3/b16-12+. The topological polar surface area (TPSA) is 25.2 Å². The normalized spacial score (nSPS) is 11.6. The molecule has 0 atom stereocenters. The van der Waals surface area contributed by atoms with Crippen LogP contribution in [0.15, 0.2) is 47.5 Å². The molecule has 0 bridgehead atoms. The molecule has 0 fully saturated rings. The Morgan fingerprint density at radius 2 is 1.82 bits per heavy atom. The fourth-order valence-electron chi connectivity index (χ4n) is 1.76. The summed E-state index contributed by atoms with van der Waals surface area (Å²) in [6, 6.07) is 14.3. The molecule has 0 aliphatic rings. The van der Waals surface area contributed by atoms with Crippen molar-refractivity contribution in [2.45, 2.75) is 13.8 Å². The molecule has 0 aliphatic heterocycles. The minimum Gasteiger partial charge on any atom is -0.291 e. The van der Waals surface area contributed by atoms with E-state index in [0.717, 1.165) is 17.1 Å². The van der Waals surface area contributed by atoms with Gasteiger partial charge in [-0.1, -0.05) is 30.3 Å². The van der Waals surface area contributed by atoms with Gasteiger partial charge in [0, 0.05) is 12.6 Å². The molecule has 1 aromatic carbocycles. The highest BCUT2D eigenvalue weighted by molar-refractivity contribution is 5.97. The lowest BCUT2D eigenvalue weighted by Gasteiger charge is -2.06. The summed E-state index contributed by atoms with van der Waals surface area (Å²) in [5, 5.41) is 0. The molecule has 0 N–H and O–H groups in total. The SMILES string of the molecule is C/N=C(\C)c1cccc(-c2ccccc2C)n1. The summed E-state index contributed by atoms with van der Waals surface area (Å²) in [5.74, 6) is 0. The first-order valence-electron chi connectivity index (χ1n) is 5.69. The first-order chi connectivity index (χ1) is 8.22. The largest absolute Gasteiger partial charge is 0.291 e. The number of aryl methyl sites for hydroxylation is 1. The van der Waals surface area contributed by atoms with Gasteiger partial charge in [-0.3, -0.25) is 4.99 Å². The maximum absolute atomic E-state index is 4.64. The number of hydrogen-bond acceptors (Lipinski definition) is 2. The van der Waals surface area contributed by atoms with Crippen molar-refractivity contribution in [1.29, 1.82) is 0 Å². The lowest BCUT2D eigenvalue weighted by Crippen LogP contribution is -1.99. The van der Waals surface area contributed by atoms with Crippen molar-refractivity contribution in [3.05, 3.63) is 53.7 Å². The Morgan fingerprint density at radius 3 is 2.53 bits per heavy atom. The van der Waals surface area contributed by atoms with Crippen LogP contribution in [0.4, 0.5) is 0 Å². The Bertz CT molecular complexity index is 556. The smallest absolute Gasteiger partial charge is 0.0844 e. The van der Waals surface area contributed by atoms with E-state index in [4.69, 9.17) is 0 Å². The van der Waals surface area contributed by atoms with Crippen molar-refractivity contribution in [3.63, 3.8) is 0 Å². The third-order valence-corrected chi connectivity index (χ3v) is 2.88. The van der Waals surface area contributed by atoms with Gasteiger partial charge in [0.1, 0.15) is 0 Å². The molecular weight excluding hydrogens is 208 g/mol. The van der Waals surface area contributed by atoms with Gasteiger partial charge in [0.15, 0.2) is 0 Å². The summed E-state index contributed by atoms with van der Waals surface area (Å²) in [4.78, 5) is 8.81. The van der Waals surface area contributed by atoms with Crippen LogP contribution in [0, 0.1) is 6.92 Å². The molecule has 1 aromatic heterocycles. The van der Waals surface area contributed by atoms with E-state index < -0.39 is 0 Å². The van der Waals surface area contributed by atoms with E-state index in [0.29, 0.717) is 0 Å². The van der Waals surface area contributed by atoms with Crippen LogP contribution in [-0.4, -0.2) is 17.7 Å². The summed E-state index contributed by atoms with van der Waals surface area (Å²) in [6.07, 6.45) is 0. The summed E-state index contributed by atoms with van der Waals surface area (Å²) >= 11 is 0. The minimum absolute atomic E-state index is 0.938. The second kappa shape index (κ2) is 4.91. The number of aliphatic imine (C=N–C) groups is 1. The van der Waals surface area contributed by atoms with Crippen LogP contribution in [-0.2, 0) is 0 Å². The van der Waals surface area contributed by atoms with E-state index in [-0.39, 0.29) is 0 Å². The van der Waals surface area contributed by atoms with Crippen LogP contribution >= 0.6 is 0 Å². The maximum Gasteiger partial charge on any atom is 0.0844 e. The monoisotopic (exact) mass is 224 g/mol. The van der Waals surface area contributed by atoms with Crippen LogP contribution in [0.3, 0.4) is 0 Å². The Labute approximate surface area is 102 Å². The van der Waals surface area contributed by atoms with E-state index in [9.17, 15) is 0 Å². The zero-order valence-electron chi connectivity index (χ0n) is 10.4. The lowest BCUT2D eigenvalue weighted by molar-refractivity contribution is 1.26. The Balaban J connectivity index is 2.51. The predicted octanol–water partition coefficient (Wildman–Crippen LogP) is 3.50. The summed E-state index contributed by atoms with van der Waals surface area (Å²) in [6.45, 7) is 4.08. The molecule has 1 heterocycles. The molecule has 86 valence electrons. The van der Waals surface area contributed by atoms with Crippen molar-refractivity contribution >= 4 is 5.71 Å². The summed E-state index contributed by atoms with van der Waals surface area (Å²) < 4.78 is 0. The quantitative estimate of drug-likeness (QED) is 0.717. The van der Waals surface area contributed by atoms with E-state index in [2.05, 4.69) is 29.0 Å². The van der Waals surface area contributed by atoms with Gasteiger partial charge in [-0.15, -0.1) is 0 Å². The van der Waals surface area contributed by atoms with Gasteiger partial charge in [0.05, 0.1) is 17.1 Å². The van der Waals surface area contributed by atoms with Gasteiger partial charge in [0.2, 0.25) is 0 Å². The number of rotatable bonds is 2. The first kappa shape index (κ1) is 11.5. The molecule has 17 heavy (non-hydrogen) atoms. The zero-order valence-corrected chi connectivity index (χ0v) is 10.4. The van der Waals surface area contributed by atoms with Crippen molar-refractivity contribution in [1.82, 2.24) is 4.98 Å². The molecule has 0 amide bonds. The average molecular weight is 224 g/mol. The molecule has 2 nitrogen and oxygen atoms in total. The number of nitrogens with zero attached hydrogens (tertiary/aromatic N) is 2. The van der Waals surface area contributed by atoms with Gasteiger partial charge in [0.25, 0.3) is 0 Å². The van der Waals surface area contributed by atoms with Crippen molar-refractivity contribution in [3.8, 4) is 11.3 Å². The molecule has 2 heteroatoms. The molecule has 2 aromatic rings. The van der Waals surface area contributed by atoms with E-state index in [1.165, 1.54) is 11.1 Å². The fraction of sp³-hybridized carbons (Fsp3) is 0.200. The molecule has 0 radical (unpaired) electrons. The van der Waals surface area contributed by atoms with E-state index in [1.807, 2.05) is 37.3 Å². The molecule has 0 saturated carbocycles. The Morgan fingerprint density at radius 1 is 1.06 bits per heavy atom. The molecular formula is C15H16N2. The summed E-state index contributed by atoms with van der Waals surface area (Å²) in [5.41, 5.74) is 5.32. The van der Waals surface area contributed by atoms with Gasteiger partial charge in [-0.05, 0) is 31.5 Å². The second-order valence-electron chi connectivity index (χ2n) is 4.03. The van der Waals surface area contributed by atoms with Crippen LogP contribution in [0.1, 0.15) is 18.2 Å². The highest BCUT2D eigenvalue weighted by Gasteiger charge is 2.04. The van der Waals surface area contributed by atoms with Crippen molar-refractivity contribution < 1.29 is 0 Å². The highest BCUT2D eigenvalue weighted by Crippen LogP contribution is 2.21. The Hall–Kier alpha value is -1.96. The molecule has 0 aliphatic carbocycles. The first-order valence-corrected chi connectivity index (χ1v) is 5.69. The molecule has 0 unspecified atom stereocenters. The van der Waals surface area contributed by atoms with Gasteiger partial charge in [-0.25, -0.2) is 4.98 Å². The van der Waals surface area contributed by atoms with Crippen LogP contribution in [0.2, 0.25) is 0 Å². The van der Waals surface area contributed by atoms with Crippen LogP contribution in [0.25, 0.3) is 11.3 Å². The van der Waals surface area contributed by atoms with Crippen molar-refractivity contribution in [2.75, 3.05) is 7.05 Å². The van der Waals surface area contributed by atoms with Gasteiger partial charge in [-0.2, -0.15) is 0 Å².